The Morgan fingerprint density at radius 1 is 0.851 bits per heavy atom. The van der Waals surface area contributed by atoms with Gasteiger partial charge in [-0.1, -0.05) is 30.3 Å². The average molecular weight is 645 g/mol. The Labute approximate surface area is 280 Å². The van der Waals surface area contributed by atoms with Crippen molar-refractivity contribution in [2.75, 3.05) is 64.7 Å². The summed E-state index contributed by atoms with van der Waals surface area (Å²) in [6, 6.07) is 16.4. The molecular weight excluding hydrogens is 592 g/mol. The quantitative estimate of drug-likeness (QED) is 0.438. The lowest BCUT2D eigenvalue weighted by atomic mass is 9.91. The van der Waals surface area contributed by atoms with Crippen LogP contribution in [0.2, 0.25) is 0 Å². The second kappa shape index (κ2) is 15.1. The van der Waals surface area contributed by atoms with Gasteiger partial charge in [0.1, 0.15) is 5.75 Å². The van der Waals surface area contributed by atoms with Gasteiger partial charge in [0.15, 0.2) is 0 Å². The van der Waals surface area contributed by atoms with Gasteiger partial charge in [-0.2, -0.15) is 0 Å². The fourth-order valence-corrected chi connectivity index (χ4v) is 7.73. The summed E-state index contributed by atoms with van der Waals surface area (Å²) in [5.74, 6) is 0.467. The number of hydrogen-bond donors (Lipinski definition) is 1. The first-order valence-electron chi connectivity index (χ1n) is 17.6. The standard InChI is InChI=1S/C37H52N6O4/c1-27(2)47-33-9-6-7-28(24-33)23-30(36(45)42-17-11-31(12-18-42)40-21-19-39(3)20-22-40)25-35(44)41-15-13-32(14-16-41)43-26-29-8-4-5-10-34(29)38-37(43)46/h4-10,24,27,30-32H,11-23,25-26H2,1-3H3,(H,38,46)/t30-/m1/s1. The van der Waals surface area contributed by atoms with Crippen LogP contribution in [0.15, 0.2) is 48.5 Å². The molecule has 2 aromatic rings. The zero-order chi connectivity index (χ0) is 32.9. The zero-order valence-corrected chi connectivity index (χ0v) is 28.4. The highest BCUT2D eigenvalue weighted by Gasteiger charge is 2.36. The molecule has 47 heavy (non-hydrogen) atoms. The maximum atomic E-state index is 14.2. The van der Waals surface area contributed by atoms with Crippen LogP contribution in [0.5, 0.6) is 5.75 Å². The van der Waals surface area contributed by atoms with E-state index in [0.717, 1.165) is 87.5 Å². The van der Waals surface area contributed by atoms with E-state index in [1.165, 1.54) is 0 Å². The summed E-state index contributed by atoms with van der Waals surface area (Å²) in [6.07, 6.45) is 4.17. The number of ether oxygens (including phenoxy) is 1. The van der Waals surface area contributed by atoms with Crippen LogP contribution in [-0.4, -0.2) is 120 Å². The van der Waals surface area contributed by atoms with E-state index >= 15 is 0 Å². The number of amides is 4. The number of nitrogens with zero attached hydrogens (tertiary/aromatic N) is 5. The first-order valence-corrected chi connectivity index (χ1v) is 17.6. The van der Waals surface area contributed by atoms with Crippen molar-refractivity contribution in [2.24, 2.45) is 5.92 Å². The summed E-state index contributed by atoms with van der Waals surface area (Å²) < 4.78 is 5.94. The van der Waals surface area contributed by atoms with Gasteiger partial charge < -0.3 is 29.7 Å². The van der Waals surface area contributed by atoms with Crippen LogP contribution in [0.3, 0.4) is 0 Å². The highest BCUT2D eigenvalue weighted by atomic mass is 16.5. The number of piperidine rings is 2. The van der Waals surface area contributed by atoms with E-state index in [1.807, 2.05) is 71.0 Å². The molecule has 0 spiro atoms. The maximum Gasteiger partial charge on any atom is 0.322 e. The van der Waals surface area contributed by atoms with Crippen LogP contribution in [0, 0.1) is 5.92 Å². The van der Waals surface area contributed by atoms with E-state index in [-0.39, 0.29) is 36.4 Å². The molecule has 0 radical (unpaired) electrons. The van der Waals surface area contributed by atoms with E-state index in [1.54, 1.807) is 0 Å². The number of nitrogens with one attached hydrogen (secondary N) is 1. The number of hydrogen-bond acceptors (Lipinski definition) is 6. The number of carbonyl (C=O) groups is 3. The third-order valence-corrected chi connectivity index (χ3v) is 10.5. The number of likely N-dealkylation sites (tertiary alicyclic amines) is 2. The highest BCUT2D eigenvalue weighted by Crippen LogP contribution is 2.29. The van der Waals surface area contributed by atoms with Crippen molar-refractivity contribution in [3.63, 3.8) is 0 Å². The molecule has 0 bridgehead atoms. The van der Waals surface area contributed by atoms with Gasteiger partial charge in [-0.25, -0.2) is 4.79 Å². The minimum atomic E-state index is -0.431. The summed E-state index contributed by atoms with van der Waals surface area (Å²) in [5.41, 5.74) is 3.00. The molecule has 4 aliphatic heterocycles. The topological polar surface area (TPSA) is 88.7 Å². The molecule has 0 aliphatic carbocycles. The number of likely N-dealkylation sites (N-methyl/N-ethyl adjacent to an activating group) is 1. The number of carbonyl (C=O) groups excluding carboxylic acids is 3. The van der Waals surface area contributed by atoms with Crippen LogP contribution < -0.4 is 10.1 Å². The lowest BCUT2D eigenvalue weighted by Crippen LogP contribution is -2.54. The number of fused-ring (bicyclic) bond motifs is 1. The van der Waals surface area contributed by atoms with Gasteiger partial charge in [-0.05, 0) is 82.3 Å². The summed E-state index contributed by atoms with van der Waals surface area (Å²) in [4.78, 5) is 51.7. The second-order valence-corrected chi connectivity index (χ2v) is 14.1. The number of urea groups is 1. The second-order valence-electron chi connectivity index (χ2n) is 14.1. The summed E-state index contributed by atoms with van der Waals surface area (Å²) in [7, 11) is 2.18. The first kappa shape index (κ1) is 33.3. The average Bonchev–Trinajstić information content (AvgIpc) is 3.08. The van der Waals surface area contributed by atoms with Crippen molar-refractivity contribution in [1.82, 2.24) is 24.5 Å². The van der Waals surface area contributed by atoms with E-state index in [0.29, 0.717) is 32.1 Å². The van der Waals surface area contributed by atoms with Crippen LogP contribution in [0.1, 0.15) is 57.1 Å². The Hall–Kier alpha value is -3.63. The third kappa shape index (κ3) is 8.27. The molecule has 254 valence electrons. The molecule has 4 aliphatic rings. The molecule has 10 nitrogen and oxygen atoms in total. The van der Waals surface area contributed by atoms with Crippen LogP contribution in [0.4, 0.5) is 10.5 Å². The van der Waals surface area contributed by atoms with Crippen molar-refractivity contribution in [3.05, 3.63) is 59.7 Å². The molecule has 4 amide bonds. The molecule has 6 rings (SSSR count). The number of rotatable bonds is 9. The molecule has 1 N–H and O–H groups in total. The molecule has 3 saturated heterocycles. The van der Waals surface area contributed by atoms with Gasteiger partial charge in [0, 0.05) is 83.1 Å². The molecule has 0 saturated carbocycles. The zero-order valence-electron chi connectivity index (χ0n) is 28.4. The molecule has 3 fully saturated rings. The molecule has 2 aromatic carbocycles. The van der Waals surface area contributed by atoms with Crippen molar-refractivity contribution >= 4 is 23.5 Å². The fourth-order valence-electron chi connectivity index (χ4n) is 7.73. The Morgan fingerprint density at radius 2 is 1.53 bits per heavy atom. The fraction of sp³-hybridized carbons (Fsp3) is 0.595. The van der Waals surface area contributed by atoms with E-state index in [2.05, 4.69) is 28.2 Å². The normalized spacial score (nSPS) is 21.0. The Bertz CT molecular complexity index is 1390. The molecular formula is C37H52N6O4. The Kier molecular flexibility index (Phi) is 10.7. The third-order valence-electron chi connectivity index (χ3n) is 10.5. The van der Waals surface area contributed by atoms with E-state index < -0.39 is 5.92 Å². The van der Waals surface area contributed by atoms with Gasteiger partial charge in [-0.15, -0.1) is 0 Å². The van der Waals surface area contributed by atoms with Crippen molar-refractivity contribution in [2.45, 2.75) is 77.1 Å². The SMILES string of the molecule is CC(C)Oc1cccc(C[C@H](CC(=O)N2CCC(N3Cc4ccccc4NC3=O)CC2)C(=O)N2CCC(N3CCN(C)CC3)CC2)c1. The largest absolute Gasteiger partial charge is 0.491 e. The van der Waals surface area contributed by atoms with Gasteiger partial charge >= 0.3 is 6.03 Å². The molecule has 1 atom stereocenters. The minimum Gasteiger partial charge on any atom is -0.491 e. The highest BCUT2D eigenvalue weighted by molar-refractivity contribution is 5.92. The Balaban J connectivity index is 1.08. The van der Waals surface area contributed by atoms with Crippen LogP contribution >= 0.6 is 0 Å². The number of benzene rings is 2. The van der Waals surface area contributed by atoms with Crippen LogP contribution in [-0.2, 0) is 22.6 Å². The van der Waals surface area contributed by atoms with Crippen molar-refractivity contribution < 1.29 is 19.1 Å². The monoisotopic (exact) mass is 644 g/mol. The predicted molar refractivity (Wildman–Crippen MR) is 183 cm³/mol. The van der Waals surface area contributed by atoms with Gasteiger partial charge in [-0.3, -0.25) is 14.5 Å². The van der Waals surface area contributed by atoms with Gasteiger partial charge in [0.05, 0.1) is 12.0 Å². The smallest absolute Gasteiger partial charge is 0.322 e. The molecule has 10 heteroatoms. The first-order chi connectivity index (χ1) is 22.7. The summed E-state index contributed by atoms with van der Waals surface area (Å²) in [6.45, 7) is 11.6. The lowest BCUT2D eigenvalue weighted by Gasteiger charge is -2.43. The predicted octanol–water partition coefficient (Wildman–Crippen LogP) is 4.30. The van der Waals surface area contributed by atoms with Crippen LogP contribution in [0.25, 0.3) is 0 Å². The number of para-hydroxylation sites is 1. The lowest BCUT2D eigenvalue weighted by molar-refractivity contribution is -0.143. The Morgan fingerprint density at radius 3 is 2.26 bits per heavy atom. The van der Waals surface area contributed by atoms with E-state index in [4.69, 9.17) is 4.74 Å². The molecule has 0 unspecified atom stereocenters. The van der Waals surface area contributed by atoms with Crippen molar-refractivity contribution in [3.8, 4) is 5.75 Å². The van der Waals surface area contributed by atoms with Gasteiger partial charge in [0.25, 0.3) is 0 Å². The van der Waals surface area contributed by atoms with Gasteiger partial charge in [0.2, 0.25) is 11.8 Å². The maximum absolute atomic E-state index is 14.2. The molecule has 4 heterocycles. The minimum absolute atomic E-state index is 0.0251. The molecule has 0 aromatic heterocycles. The van der Waals surface area contributed by atoms with E-state index in [9.17, 15) is 14.4 Å². The van der Waals surface area contributed by atoms with Crippen molar-refractivity contribution in [1.29, 1.82) is 0 Å². The number of anilines is 1. The number of piperazine rings is 1. The summed E-state index contributed by atoms with van der Waals surface area (Å²) >= 11 is 0. The summed E-state index contributed by atoms with van der Waals surface area (Å²) in [5, 5.41) is 3.02.